The van der Waals surface area contributed by atoms with Gasteiger partial charge in [-0.15, -0.1) is 11.8 Å². The number of amides is 2. The number of hydrogen-bond donors (Lipinski definition) is 1. The summed E-state index contributed by atoms with van der Waals surface area (Å²) >= 11 is 1.64. The topological polar surface area (TPSA) is 71.8 Å². The maximum Gasteiger partial charge on any atom is 0.325 e. The van der Waals surface area contributed by atoms with Gasteiger partial charge in [0.15, 0.2) is 0 Å². The van der Waals surface area contributed by atoms with Gasteiger partial charge in [-0.1, -0.05) is 0 Å². The molecule has 0 aromatic carbocycles. The van der Waals surface area contributed by atoms with Gasteiger partial charge in [0.2, 0.25) is 0 Å². The second kappa shape index (κ2) is 6.51. The number of nitrogens with one attached hydrogen (secondary N) is 1. The van der Waals surface area contributed by atoms with E-state index in [9.17, 15) is 9.59 Å². The molecular formula is C12H16N2O4S. The monoisotopic (exact) mass is 284 g/mol. The Balaban J connectivity index is 1.89. The third kappa shape index (κ3) is 3.44. The van der Waals surface area contributed by atoms with Crippen molar-refractivity contribution >= 4 is 23.8 Å². The van der Waals surface area contributed by atoms with Crippen LogP contribution in [0.1, 0.15) is 18.1 Å². The summed E-state index contributed by atoms with van der Waals surface area (Å²) < 4.78 is 10.1. The highest BCUT2D eigenvalue weighted by molar-refractivity contribution is 7.99. The van der Waals surface area contributed by atoms with Crippen molar-refractivity contribution < 1.29 is 18.7 Å². The molecule has 1 aliphatic rings. The Bertz CT molecular complexity index is 435. The molecule has 0 bridgehead atoms. The summed E-state index contributed by atoms with van der Waals surface area (Å²) in [6.45, 7) is 2.55. The Morgan fingerprint density at radius 3 is 3.16 bits per heavy atom. The molecule has 7 heteroatoms. The fourth-order valence-corrected chi connectivity index (χ4v) is 3.01. The molecule has 1 saturated heterocycles. The number of furan rings is 1. The van der Waals surface area contributed by atoms with Crippen LogP contribution in [0.25, 0.3) is 0 Å². The van der Waals surface area contributed by atoms with Gasteiger partial charge in [0.05, 0.1) is 12.9 Å². The quantitative estimate of drug-likeness (QED) is 0.850. The Morgan fingerprint density at radius 1 is 1.63 bits per heavy atom. The van der Waals surface area contributed by atoms with Crippen LogP contribution in [0.4, 0.5) is 4.79 Å². The standard InChI is InChI=1S/C12H16N2O4S/c1-2-17-10(15)8-13-12(16)14-5-7-19-11(14)9-4-3-6-18-9/h3-4,6,11H,2,5,7-8H2,1H3,(H,13,16). The van der Waals surface area contributed by atoms with Crippen molar-refractivity contribution in [3.8, 4) is 0 Å². The Kier molecular flexibility index (Phi) is 4.73. The van der Waals surface area contributed by atoms with Gasteiger partial charge in [-0.2, -0.15) is 0 Å². The van der Waals surface area contributed by atoms with E-state index in [2.05, 4.69) is 5.32 Å². The van der Waals surface area contributed by atoms with Crippen LogP contribution >= 0.6 is 11.8 Å². The average Bonchev–Trinajstić information content (AvgIpc) is 3.05. The molecular weight excluding hydrogens is 268 g/mol. The number of carbonyl (C=O) groups excluding carboxylic acids is 2. The Morgan fingerprint density at radius 2 is 2.47 bits per heavy atom. The van der Waals surface area contributed by atoms with E-state index >= 15 is 0 Å². The summed E-state index contributed by atoms with van der Waals surface area (Å²) in [5, 5.41) is 2.43. The number of esters is 1. The van der Waals surface area contributed by atoms with E-state index in [1.54, 1.807) is 35.9 Å². The van der Waals surface area contributed by atoms with Crippen LogP contribution in [0.15, 0.2) is 22.8 Å². The first-order valence-corrected chi connectivity index (χ1v) is 7.12. The van der Waals surface area contributed by atoms with Crippen LogP contribution in [0.2, 0.25) is 0 Å². The highest BCUT2D eigenvalue weighted by Crippen LogP contribution is 2.37. The third-order valence-electron chi connectivity index (χ3n) is 2.63. The molecule has 19 heavy (non-hydrogen) atoms. The number of urea groups is 1. The lowest BCUT2D eigenvalue weighted by atomic mass is 10.4. The van der Waals surface area contributed by atoms with Crippen LogP contribution in [0.5, 0.6) is 0 Å². The first-order chi connectivity index (χ1) is 9.22. The zero-order valence-corrected chi connectivity index (χ0v) is 11.4. The summed E-state index contributed by atoms with van der Waals surface area (Å²) in [6, 6.07) is 3.36. The van der Waals surface area contributed by atoms with Crippen molar-refractivity contribution in [2.45, 2.75) is 12.3 Å². The van der Waals surface area contributed by atoms with Gasteiger partial charge < -0.3 is 19.4 Å². The van der Waals surface area contributed by atoms with Crippen LogP contribution in [0.3, 0.4) is 0 Å². The smallest absolute Gasteiger partial charge is 0.325 e. The van der Waals surface area contributed by atoms with Gasteiger partial charge >= 0.3 is 12.0 Å². The molecule has 1 N–H and O–H groups in total. The van der Waals surface area contributed by atoms with Crippen molar-refractivity contribution in [2.24, 2.45) is 0 Å². The van der Waals surface area contributed by atoms with E-state index in [0.29, 0.717) is 13.2 Å². The summed E-state index contributed by atoms with van der Waals surface area (Å²) in [4.78, 5) is 24.9. The fourth-order valence-electron chi connectivity index (χ4n) is 1.81. The van der Waals surface area contributed by atoms with Crippen molar-refractivity contribution in [1.82, 2.24) is 10.2 Å². The molecule has 1 fully saturated rings. The molecule has 1 unspecified atom stereocenters. The number of ether oxygens (including phenoxy) is 1. The zero-order chi connectivity index (χ0) is 13.7. The zero-order valence-electron chi connectivity index (χ0n) is 10.6. The van der Waals surface area contributed by atoms with Crippen molar-refractivity contribution in [2.75, 3.05) is 25.4 Å². The predicted molar refractivity (Wildman–Crippen MR) is 70.6 cm³/mol. The van der Waals surface area contributed by atoms with Gasteiger partial charge in [0, 0.05) is 12.3 Å². The Hall–Kier alpha value is -1.63. The van der Waals surface area contributed by atoms with E-state index < -0.39 is 5.97 Å². The van der Waals surface area contributed by atoms with Crippen molar-refractivity contribution in [1.29, 1.82) is 0 Å². The van der Waals surface area contributed by atoms with Gasteiger partial charge in [0.25, 0.3) is 0 Å². The molecule has 0 spiro atoms. The molecule has 2 heterocycles. The highest BCUT2D eigenvalue weighted by Gasteiger charge is 2.32. The van der Waals surface area contributed by atoms with E-state index in [1.807, 2.05) is 6.07 Å². The molecule has 1 aliphatic heterocycles. The first-order valence-electron chi connectivity index (χ1n) is 6.07. The maximum absolute atomic E-state index is 12.0. The third-order valence-corrected chi connectivity index (χ3v) is 3.85. The average molecular weight is 284 g/mol. The second-order valence-electron chi connectivity index (χ2n) is 3.90. The number of nitrogens with zero attached hydrogens (tertiary/aromatic N) is 1. The van der Waals surface area contributed by atoms with Gasteiger partial charge in [-0.25, -0.2) is 4.79 Å². The Labute approximate surface area is 115 Å². The van der Waals surface area contributed by atoms with E-state index in [1.165, 1.54) is 0 Å². The molecule has 1 aromatic heterocycles. The SMILES string of the molecule is CCOC(=O)CNC(=O)N1CCSC1c1ccco1. The lowest BCUT2D eigenvalue weighted by Crippen LogP contribution is -2.41. The number of carbonyl (C=O) groups is 2. The molecule has 0 saturated carbocycles. The predicted octanol–water partition coefficient (Wildman–Crippen LogP) is 1.60. The minimum absolute atomic E-state index is 0.112. The molecule has 1 aromatic rings. The normalized spacial score (nSPS) is 18.4. The lowest BCUT2D eigenvalue weighted by molar-refractivity contribution is -0.141. The van der Waals surface area contributed by atoms with Gasteiger partial charge in [-0.3, -0.25) is 4.79 Å². The summed E-state index contributed by atoms with van der Waals surface area (Å²) in [6.07, 6.45) is 1.59. The number of rotatable bonds is 4. The van der Waals surface area contributed by atoms with E-state index in [4.69, 9.17) is 9.15 Å². The first kappa shape index (κ1) is 13.8. The molecule has 2 rings (SSSR count). The van der Waals surface area contributed by atoms with Crippen molar-refractivity contribution in [3.05, 3.63) is 24.2 Å². The molecule has 104 valence electrons. The number of hydrogen-bond acceptors (Lipinski definition) is 5. The van der Waals surface area contributed by atoms with Gasteiger partial charge in [-0.05, 0) is 19.1 Å². The molecule has 0 radical (unpaired) electrons. The van der Waals surface area contributed by atoms with Crippen LogP contribution in [-0.4, -0.2) is 42.3 Å². The lowest BCUT2D eigenvalue weighted by Gasteiger charge is -2.22. The molecule has 6 nitrogen and oxygen atoms in total. The molecule has 2 amide bonds. The maximum atomic E-state index is 12.0. The highest BCUT2D eigenvalue weighted by atomic mass is 32.2. The van der Waals surface area contributed by atoms with E-state index in [-0.39, 0.29) is 17.9 Å². The summed E-state index contributed by atoms with van der Waals surface area (Å²) in [5.74, 6) is 1.16. The fraction of sp³-hybridized carbons (Fsp3) is 0.500. The van der Waals surface area contributed by atoms with Gasteiger partial charge in [0.1, 0.15) is 17.7 Å². The van der Waals surface area contributed by atoms with Crippen molar-refractivity contribution in [3.63, 3.8) is 0 Å². The summed E-state index contributed by atoms with van der Waals surface area (Å²) in [7, 11) is 0. The van der Waals surface area contributed by atoms with Crippen LogP contribution in [0, 0.1) is 0 Å². The van der Waals surface area contributed by atoms with E-state index in [0.717, 1.165) is 11.5 Å². The van der Waals surface area contributed by atoms with Crippen LogP contribution in [-0.2, 0) is 9.53 Å². The minimum Gasteiger partial charge on any atom is -0.466 e. The second-order valence-corrected chi connectivity index (χ2v) is 5.08. The molecule has 1 atom stereocenters. The number of thioether (sulfide) groups is 1. The molecule has 0 aliphatic carbocycles. The summed E-state index contributed by atoms with van der Waals surface area (Å²) in [5.41, 5.74) is 0. The van der Waals surface area contributed by atoms with Crippen LogP contribution < -0.4 is 5.32 Å². The minimum atomic E-state index is -0.433. The largest absolute Gasteiger partial charge is 0.466 e.